The highest BCUT2D eigenvalue weighted by molar-refractivity contribution is 5.81. The van der Waals surface area contributed by atoms with Gasteiger partial charge in [0.15, 0.2) is 6.04 Å². The molecule has 0 saturated heterocycles. The lowest BCUT2D eigenvalue weighted by atomic mass is 10.0. The molecule has 0 aromatic heterocycles. The van der Waals surface area contributed by atoms with Crippen molar-refractivity contribution < 1.29 is 9.53 Å². The maximum Gasteiger partial charge on any atom is 0.332 e. The van der Waals surface area contributed by atoms with Crippen molar-refractivity contribution in [2.24, 2.45) is 0 Å². The summed E-state index contributed by atoms with van der Waals surface area (Å²) < 4.78 is 4.92. The van der Waals surface area contributed by atoms with Crippen LogP contribution >= 0.6 is 0 Å². The van der Waals surface area contributed by atoms with Crippen LogP contribution in [0.25, 0.3) is 0 Å². The lowest BCUT2D eigenvalue weighted by Gasteiger charge is -2.20. The van der Waals surface area contributed by atoms with Gasteiger partial charge in [-0.2, -0.15) is 0 Å². The number of rotatable bonds is 4. The van der Waals surface area contributed by atoms with E-state index in [1.165, 1.54) is 12.7 Å². The summed E-state index contributed by atoms with van der Waals surface area (Å²) in [6.07, 6.45) is 0. The van der Waals surface area contributed by atoms with E-state index in [9.17, 15) is 4.79 Å². The smallest absolute Gasteiger partial charge is 0.332 e. The lowest BCUT2D eigenvalue weighted by molar-refractivity contribution is -0.141. The molecule has 2 aromatic rings. The summed E-state index contributed by atoms with van der Waals surface area (Å²) in [5.41, 5.74) is 4.07. The van der Waals surface area contributed by atoms with Crippen LogP contribution in [0.4, 0.5) is 5.69 Å². The Hall–Kier alpha value is -2.29. The summed E-state index contributed by atoms with van der Waals surface area (Å²) in [5, 5.41) is 3.24. The molecule has 3 nitrogen and oxygen atoms in total. The van der Waals surface area contributed by atoms with Gasteiger partial charge in [-0.1, -0.05) is 42.0 Å². The first-order valence-electron chi connectivity index (χ1n) is 6.58. The minimum Gasteiger partial charge on any atom is -0.467 e. The van der Waals surface area contributed by atoms with Crippen molar-refractivity contribution in [2.45, 2.75) is 19.9 Å². The van der Waals surface area contributed by atoms with Gasteiger partial charge in [0.25, 0.3) is 0 Å². The van der Waals surface area contributed by atoms with Crippen molar-refractivity contribution in [1.29, 1.82) is 0 Å². The van der Waals surface area contributed by atoms with Crippen LogP contribution < -0.4 is 5.32 Å². The van der Waals surface area contributed by atoms with Gasteiger partial charge in [0, 0.05) is 5.69 Å². The molecule has 0 aliphatic carbocycles. The summed E-state index contributed by atoms with van der Waals surface area (Å²) in [7, 11) is 1.41. The molecule has 2 aromatic carbocycles. The zero-order chi connectivity index (χ0) is 14.5. The molecule has 1 unspecified atom stereocenters. The van der Waals surface area contributed by atoms with Gasteiger partial charge in [-0.3, -0.25) is 0 Å². The van der Waals surface area contributed by atoms with E-state index in [0.717, 1.165) is 16.8 Å². The van der Waals surface area contributed by atoms with Gasteiger partial charge in [-0.05, 0) is 37.1 Å². The van der Waals surface area contributed by atoms with Crippen LogP contribution in [0.5, 0.6) is 0 Å². The molecular formula is C17H19NO2. The van der Waals surface area contributed by atoms with Crippen molar-refractivity contribution in [1.82, 2.24) is 0 Å². The fourth-order valence-corrected chi connectivity index (χ4v) is 2.11. The second-order valence-electron chi connectivity index (χ2n) is 4.82. The number of hydrogen-bond acceptors (Lipinski definition) is 3. The van der Waals surface area contributed by atoms with Crippen molar-refractivity contribution in [3.63, 3.8) is 0 Å². The van der Waals surface area contributed by atoms with E-state index in [0.29, 0.717) is 0 Å². The van der Waals surface area contributed by atoms with Crippen molar-refractivity contribution in [3.8, 4) is 0 Å². The third-order valence-corrected chi connectivity index (χ3v) is 3.30. The Labute approximate surface area is 119 Å². The van der Waals surface area contributed by atoms with Gasteiger partial charge in [0.05, 0.1) is 7.11 Å². The van der Waals surface area contributed by atoms with E-state index in [-0.39, 0.29) is 5.97 Å². The molecule has 0 amide bonds. The lowest BCUT2D eigenvalue weighted by Crippen LogP contribution is -2.23. The summed E-state index contributed by atoms with van der Waals surface area (Å²) in [6.45, 7) is 4.02. The summed E-state index contributed by atoms with van der Waals surface area (Å²) in [4.78, 5) is 12.1. The Morgan fingerprint density at radius 1 is 1.05 bits per heavy atom. The van der Waals surface area contributed by atoms with Crippen LogP contribution in [0.2, 0.25) is 0 Å². The molecule has 2 rings (SSSR count). The van der Waals surface area contributed by atoms with Gasteiger partial charge in [0.2, 0.25) is 0 Å². The van der Waals surface area contributed by atoms with Crippen LogP contribution in [0.15, 0.2) is 48.5 Å². The number of benzene rings is 2. The number of anilines is 1. The summed E-state index contributed by atoms with van der Waals surface area (Å²) in [5.74, 6) is -0.292. The zero-order valence-corrected chi connectivity index (χ0v) is 12.0. The predicted octanol–water partition coefficient (Wildman–Crippen LogP) is 3.63. The highest BCUT2D eigenvalue weighted by atomic mass is 16.5. The van der Waals surface area contributed by atoms with Crippen LogP contribution in [-0.2, 0) is 9.53 Å². The first kappa shape index (κ1) is 14.1. The largest absolute Gasteiger partial charge is 0.467 e. The minimum absolute atomic E-state index is 0.292. The van der Waals surface area contributed by atoms with E-state index in [4.69, 9.17) is 4.74 Å². The van der Waals surface area contributed by atoms with E-state index in [1.807, 2.05) is 62.4 Å². The van der Waals surface area contributed by atoms with E-state index < -0.39 is 6.04 Å². The molecule has 0 radical (unpaired) electrons. The number of carbonyl (C=O) groups is 1. The molecule has 1 atom stereocenters. The number of esters is 1. The van der Waals surface area contributed by atoms with Gasteiger partial charge >= 0.3 is 5.97 Å². The SMILES string of the molecule is COC(=O)C(Nc1ccc(C)cc1)c1ccccc1C. The van der Waals surface area contributed by atoms with E-state index in [2.05, 4.69) is 5.32 Å². The Morgan fingerprint density at radius 3 is 2.30 bits per heavy atom. The summed E-state index contributed by atoms with van der Waals surface area (Å²) >= 11 is 0. The normalized spacial score (nSPS) is 11.8. The first-order valence-corrected chi connectivity index (χ1v) is 6.58. The molecule has 0 heterocycles. The fraction of sp³-hybridized carbons (Fsp3) is 0.235. The number of hydrogen-bond donors (Lipinski definition) is 1. The second kappa shape index (κ2) is 6.24. The molecule has 0 spiro atoms. The van der Waals surface area contributed by atoms with Gasteiger partial charge in [0.1, 0.15) is 0 Å². The van der Waals surface area contributed by atoms with Crippen molar-refractivity contribution in [2.75, 3.05) is 12.4 Å². The van der Waals surface area contributed by atoms with Crippen LogP contribution in [0.1, 0.15) is 22.7 Å². The topological polar surface area (TPSA) is 38.3 Å². The third kappa shape index (κ3) is 3.18. The highest BCUT2D eigenvalue weighted by Crippen LogP contribution is 2.23. The quantitative estimate of drug-likeness (QED) is 0.861. The van der Waals surface area contributed by atoms with Gasteiger partial charge in [-0.15, -0.1) is 0 Å². The second-order valence-corrected chi connectivity index (χ2v) is 4.82. The maximum atomic E-state index is 12.1. The standard InChI is InChI=1S/C17H19NO2/c1-12-8-10-14(11-9-12)18-16(17(19)20-3)15-7-5-4-6-13(15)2/h4-11,16,18H,1-3H3. The molecular weight excluding hydrogens is 250 g/mol. The number of nitrogens with one attached hydrogen (secondary N) is 1. The summed E-state index contributed by atoms with van der Waals surface area (Å²) in [6, 6.07) is 15.3. The molecule has 0 fully saturated rings. The van der Waals surface area contributed by atoms with Crippen molar-refractivity contribution in [3.05, 3.63) is 65.2 Å². The molecule has 20 heavy (non-hydrogen) atoms. The van der Waals surface area contributed by atoms with E-state index >= 15 is 0 Å². The predicted molar refractivity (Wildman–Crippen MR) is 80.7 cm³/mol. The first-order chi connectivity index (χ1) is 9.61. The Morgan fingerprint density at radius 2 is 1.70 bits per heavy atom. The van der Waals surface area contributed by atoms with Crippen LogP contribution in [0.3, 0.4) is 0 Å². The average Bonchev–Trinajstić information content (AvgIpc) is 2.47. The Balaban J connectivity index is 2.31. The van der Waals surface area contributed by atoms with Gasteiger partial charge in [-0.25, -0.2) is 4.79 Å². The Bertz CT molecular complexity index is 590. The maximum absolute atomic E-state index is 12.1. The molecule has 0 aliphatic heterocycles. The van der Waals surface area contributed by atoms with Gasteiger partial charge < -0.3 is 10.1 Å². The highest BCUT2D eigenvalue weighted by Gasteiger charge is 2.22. The van der Waals surface area contributed by atoms with E-state index in [1.54, 1.807) is 0 Å². The number of ether oxygens (including phenoxy) is 1. The molecule has 104 valence electrons. The number of carbonyl (C=O) groups excluding carboxylic acids is 1. The average molecular weight is 269 g/mol. The van der Waals surface area contributed by atoms with Crippen LogP contribution in [-0.4, -0.2) is 13.1 Å². The third-order valence-electron chi connectivity index (χ3n) is 3.30. The molecule has 0 aliphatic rings. The fourth-order valence-electron chi connectivity index (χ4n) is 2.11. The Kier molecular flexibility index (Phi) is 4.41. The molecule has 0 bridgehead atoms. The van der Waals surface area contributed by atoms with Crippen molar-refractivity contribution >= 4 is 11.7 Å². The monoisotopic (exact) mass is 269 g/mol. The molecule has 0 saturated carbocycles. The molecule has 3 heteroatoms. The zero-order valence-electron chi connectivity index (χ0n) is 12.0. The minimum atomic E-state index is -0.496. The van der Waals surface area contributed by atoms with Crippen LogP contribution in [0, 0.1) is 13.8 Å². The molecule has 1 N–H and O–H groups in total. The number of methoxy groups -OCH3 is 1. The number of aryl methyl sites for hydroxylation is 2.